The molecule has 2 atom stereocenters. The van der Waals surface area contributed by atoms with Crippen molar-refractivity contribution in [3.8, 4) is 5.75 Å². The quantitative estimate of drug-likeness (QED) is 0.0449. The summed E-state index contributed by atoms with van der Waals surface area (Å²) < 4.78 is 21.5. The summed E-state index contributed by atoms with van der Waals surface area (Å²) in [5.41, 5.74) is 2.62. The van der Waals surface area contributed by atoms with E-state index in [1.54, 1.807) is 36.4 Å². The molecule has 0 fully saturated rings. The Labute approximate surface area is 344 Å². The molecule has 14 heteroatoms. The molecule has 0 aliphatic rings. The number of carbonyl (C=O) groups excluding carboxylic acids is 6. The molecule has 0 aliphatic carbocycles. The molecule has 4 rings (SSSR count). The molecule has 312 valence electrons. The number of ether oxygens (including phenoxy) is 4. The smallest absolute Gasteiger partial charge is 0.407 e. The number of hydrogen-bond acceptors (Lipinski definition) is 10. The number of nitrogens with one attached hydrogen (secondary N) is 4. The van der Waals surface area contributed by atoms with E-state index >= 15 is 0 Å². The first-order valence-electron chi connectivity index (χ1n) is 19.5. The van der Waals surface area contributed by atoms with E-state index in [0.29, 0.717) is 12.8 Å². The minimum Gasteiger partial charge on any atom is -0.482 e. The fourth-order valence-corrected chi connectivity index (χ4v) is 5.52. The Hall–Kier alpha value is -6.70. The lowest BCUT2D eigenvalue weighted by Crippen LogP contribution is -2.54. The average molecular weight is 809 g/mol. The van der Waals surface area contributed by atoms with E-state index in [9.17, 15) is 28.8 Å². The topological polar surface area (TPSA) is 187 Å². The molecule has 4 N–H and O–H groups in total. The standard InChI is InChI=1S/C45H52N4O10/c1-32(2)28-58-44(54)38(23-12-13-24-46-45(55)59-30-35-19-10-5-11-20-35)49-43(53)39(25-33-15-6-3-7-16-33)48-40(50)27-47-42(52)36-21-14-22-37(26-36)56-31-41(51)57-29-34-17-8-4-9-18-34/h3-11,14-22,26,32,38-39H,12-13,23-25,27-31H2,1-2H3,(H,46,55)(H,47,52)(H,48,50)(H,49,53)/t38-,39-/m0/s1. The van der Waals surface area contributed by atoms with Crippen LogP contribution in [0.2, 0.25) is 0 Å². The molecule has 0 saturated heterocycles. The highest BCUT2D eigenvalue weighted by Crippen LogP contribution is 2.14. The molecule has 0 spiro atoms. The lowest BCUT2D eigenvalue weighted by atomic mass is 10.0. The summed E-state index contributed by atoms with van der Waals surface area (Å²) >= 11 is 0. The highest BCUT2D eigenvalue weighted by molar-refractivity contribution is 5.97. The maximum absolute atomic E-state index is 13.8. The zero-order chi connectivity index (χ0) is 42.2. The number of esters is 2. The zero-order valence-corrected chi connectivity index (χ0v) is 33.4. The van der Waals surface area contributed by atoms with Gasteiger partial charge in [-0.3, -0.25) is 14.4 Å². The molecule has 0 aliphatic heterocycles. The first-order valence-corrected chi connectivity index (χ1v) is 19.5. The van der Waals surface area contributed by atoms with Gasteiger partial charge >= 0.3 is 18.0 Å². The van der Waals surface area contributed by atoms with E-state index in [-0.39, 0.29) is 63.0 Å². The molecule has 59 heavy (non-hydrogen) atoms. The van der Waals surface area contributed by atoms with E-state index in [2.05, 4.69) is 21.3 Å². The Morgan fingerprint density at radius 3 is 1.90 bits per heavy atom. The third kappa shape index (κ3) is 17.5. The van der Waals surface area contributed by atoms with Crippen LogP contribution in [0.5, 0.6) is 5.75 Å². The largest absolute Gasteiger partial charge is 0.482 e. The number of carbonyl (C=O) groups is 6. The second-order valence-corrected chi connectivity index (χ2v) is 14.0. The van der Waals surface area contributed by atoms with Gasteiger partial charge in [0, 0.05) is 18.5 Å². The van der Waals surface area contributed by atoms with Crippen molar-refractivity contribution in [2.75, 3.05) is 26.3 Å². The van der Waals surface area contributed by atoms with Crippen molar-refractivity contribution in [2.45, 2.75) is 64.8 Å². The molecule has 0 radical (unpaired) electrons. The van der Waals surface area contributed by atoms with Crippen LogP contribution >= 0.6 is 0 Å². The molecule has 4 aromatic rings. The molecule has 0 heterocycles. The summed E-state index contributed by atoms with van der Waals surface area (Å²) in [6, 6.07) is 31.5. The third-order valence-electron chi connectivity index (χ3n) is 8.60. The molecular formula is C45H52N4O10. The molecule has 4 aromatic carbocycles. The van der Waals surface area contributed by atoms with Gasteiger partial charge in [0.25, 0.3) is 5.91 Å². The van der Waals surface area contributed by atoms with Crippen LogP contribution in [-0.2, 0) is 53.0 Å². The Bertz CT molecular complexity index is 1940. The Kier molecular flexibility index (Phi) is 18.9. The van der Waals surface area contributed by atoms with Crippen molar-refractivity contribution in [1.82, 2.24) is 21.3 Å². The molecule has 0 unspecified atom stereocenters. The van der Waals surface area contributed by atoms with Gasteiger partial charge in [-0.25, -0.2) is 14.4 Å². The number of unbranched alkanes of at least 4 members (excludes halogenated alkanes) is 1. The molecule has 4 amide bonds. The van der Waals surface area contributed by atoms with E-state index in [0.717, 1.165) is 16.7 Å². The maximum atomic E-state index is 13.8. The van der Waals surface area contributed by atoms with Gasteiger partial charge in [-0.2, -0.15) is 0 Å². The van der Waals surface area contributed by atoms with Gasteiger partial charge in [0.05, 0.1) is 13.2 Å². The second kappa shape index (κ2) is 24.8. The minimum absolute atomic E-state index is 0.0608. The van der Waals surface area contributed by atoms with Crippen LogP contribution in [0.3, 0.4) is 0 Å². The van der Waals surface area contributed by atoms with Crippen LogP contribution < -0.4 is 26.0 Å². The van der Waals surface area contributed by atoms with Crippen LogP contribution in [0.1, 0.15) is 60.2 Å². The molecule has 14 nitrogen and oxygen atoms in total. The average Bonchev–Trinajstić information content (AvgIpc) is 3.25. The van der Waals surface area contributed by atoms with Crippen molar-refractivity contribution in [2.24, 2.45) is 5.92 Å². The molecule has 0 bridgehead atoms. The van der Waals surface area contributed by atoms with Crippen LogP contribution in [0.25, 0.3) is 0 Å². The number of hydrogen-bond donors (Lipinski definition) is 4. The van der Waals surface area contributed by atoms with Crippen molar-refractivity contribution >= 4 is 35.8 Å². The number of benzene rings is 4. The van der Waals surface area contributed by atoms with E-state index < -0.39 is 54.4 Å². The SMILES string of the molecule is CC(C)COC(=O)[C@H](CCCCNC(=O)OCc1ccccc1)NC(=O)[C@H](Cc1ccccc1)NC(=O)CNC(=O)c1cccc(OCC(=O)OCc2ccccc2)c1. The molecule has 0 saturated carbocycles. The summed E-state index contributed by atoms with van der Waals surface area (Å²) in [5.74, 6) is -2.74. The summed E-state index contributed by atoms with van der Waals surface area (Å²) in [5, 5.41) is 10.7. The van der Waals surface area contributed by atoms with Gasteiger partial charge in [0.1, 0.15) is 31.0 Å². The number of rotatable bonds is 23. The summed E-state index contributed by atoms with van der Waals surface area (Å²) in [7, 11) is 0. The van der Waals surface area contributed by atoms with Crippen molar-refractivity contribution in [3.63, 3.8) is 0 Å². The van der Waals surface area contributed by atoms with Gasteiger partial charge < -0.3 is 40.2 Å². The van der Waals surface area contributed by atoms with E-state index in [1.807, 2.05) is 80.6 Å². The van der Waals surface area contributed by atoms with E-state index in [1.165, 1.54) is 12.1 Å². The fourth-order valence-electron chi connectivity index (χ4n) is 5.52. The first kappa shape index (κ1) is 45.0. The predicted molar refractivity (Wildman–Crippen MR) is 219 cm³/mol. The van der Waals surface area contributed by atoms with Crippen molar-refractivity contribution in [1.29, 1.82) is 0 Å². The first-order chi connectivity index (χ1) is 28.5. The van der Waals surface area contributed by atoms with Gasteiger partial charge in [0.2, 0.25) is 11.8 Å². The van der Waals surface area contributed by atoms with Crippen LogP contribution in [-0.4, -0.2) is 74.1 Å². The third-order valence-corrected chi connectivity index (χ3v) is 8.60. The van der Waals surface area contributed by atoms with E-state index in [4.69, 9.17) is 18.9 Å². The van der Waals surface area contributed by atoms with Crippen LogP contribution in [0.4, 0.5) is 4.79 Å². The van der Waals surface area contributed by atoms with Gasteiger partial charge in [-0.15, -0.1) is 0 Å². The second-order valence-electron chi connectivity index (χ2n) is 14.0. The molecular weight excluding hydrogens is 757 g/mol. The predicted octanol–water partition coefficient (Wildman–Crippen LogP) is 5.05. The normalized spacial score (nSPS) is 11.6. The summed E-state index contributed by atoms with van der Waals surface area (Å²) in [4.78, 5) is 77.5. The highest BCUT2D eigenvalue weighted by atomic mass is 16.6. The minimum atomic E-state index is -1.11. The van der Waals surface area contributed by atoms with Crippen molar-refractivity contribution in [3.05, 3.63) is 138 Å². The summed E-state index contributed by atoms with van der Waals surface area (Å²) in [6.45, 7) is 3.63. The Morgan fingerprint density at radius 1 is 0.627 bits per heavy atom. The van der Waals surface area contributed by atoms with Gasteiger partial charge in [0.15, 0.2) is 6.61 Å². The van der Waals surface area contributed by atoms with Gasteiger partial charge in [-0.1, -0.05) is 111 Å². The van der Waals surface area contributed by atoms with Crippen molar-refractivity contribution < 1.29 is 47.7 Å². The lowest BCUT2D eigenvalue weighted by Gasteiger charge is -2.23. The monoisotopic (exact) mass is 808 g/mol. The van der Waals surface area contributed by atoms with Crippen LogP contribution in [0, 0.1) is 5.92 Å². The fraction of sp³-hybridized carbons (Fsp3) is 0.333. The van der Waals surface area contributed by atoms with Crippen LogP contribution in [0.15, 0.2) is 115 Å². The zero-order valence-electron chi connectivity index (χ0n) is 33.4. The Morgan fingerprint density at radius 2 is 1.25 bits per heavy atom. The number of alkyl carbamates (subject to hydrolysis) is 1. The Balaban J connectivity index is 1.29. The lowest BCUT2D eigenvalue weighted by molar-refractivity contribution is -0.149. The highest BCUT2D eigenvalue weighted by Gasteiger charge is 2.28. The van der Waals surface area contributed by atoms with Gasteiger partial charge in [-0.05, 0) is 60.1 Å². The molecule has 0 aromatic heterocycles. The summed E-state index contributed by atoms with van der Waals surface area (Å²) in [6.07, 6.45) is 0.686. The maximum Gasteiger partial charge on any atom is 0.407 e. The number of amides is 4.